The molecular formula is C25H25ClN6O3. The van der Waals surface area contributed by atoms with Gasteiger partial charge in [-0.15, -0.1) is 0 Å². The molecule has 0 aliphatic heterocycles. The Morgan fingerprint density at radius 3 is 2.69 bits per heavy atom. The first-order chi connectivity index (χ1) is 17.0. The molecule has 10 heteroatoms. The summed E-state index contributed by atoms with van der Waals surface area (Å²) in [7, 11) is 1.52. The third-order valence-corrected chi connectivity index (χ3v) is 5.52. The Balaban J connectivity index is 1.50. The summed E-state index contributed by atoms with van der Waals surface area (Å²) < 4.78 is 7.34. The molecule has 5 N–H and O–H groups in total. The zero-order valence-corrected chi connectivity index (χ0v) is 19.8. The first-order valence-electron chi connectivity index (χ1n) is 10.9. The Hall–Kier alpha value is -4.08. The molecule has 4 rings (SSSR count). The predicted molar refractivity (Wildman–Crippen MR) is 138 cm³/mol. The smallest absolute Gasteiger partial charge is 0.323 e. The van der Waals surface area contributed by atoms with Crippen molar-refractivity contribution in [3.05, 3.63) is 77.6 Å². The van der Waals surface area contributed by atoms with Crippen LogP contribution in [0.3, 0.4) is 0 Å². The van der Waals surface area contributed by atoms with Crippen LogP contribution >= 0.6 is 11.6 Å². The van der Waals surface area contributed by atoms with Gasteiger partial charge in [0, 0.05) is 42.3 Å². The number of carbonyl (C=O) groups is 2. The van der Waals surface area contributed by atoms with E-state index in [1.54, 1.807) is 24.4 Å². The number of halogens is 1. The number of fused-ring (bicyclic) bond motifs is 1. The summed E-state index contributed by atoms with van der Waals surface area (Å²) in [5.74, 6) is 0.811. The summed E-state index contributed by atoms with van der Waals surface area (Å²) in [6.07, 6.45) is 3.84. The fourth-order valence-electron chi connectivity index (χ4n) is 3.70. The van der Waals surface area contributed by atoms with Crippen molar-refractivity contribution in [3.63, 3.8) is 0 Å². The summed E-state index contributed by atoms with van der Waals surface area (Å²) in [4.78, 5) is 28.7. The molecule has 3 amide bonds. The zero-order valence-electron chi connectivity index (χ0n) is 19.0. The lowest BCUT2D eigenvalue weighted by Gasteiger charge is -2.13. The van der Waals surface area contributed by atoms with Crippen molar-refractivity contribution in [2.45, 2.75) is 13.0 Å². The molecule has 0 fully saturated rings. The van der Waals surface area contributed by atoms with E-state index < -0.39 is 6.03 Å². The van der Waals surface area contributed by atoms with Crippen LogP contribution in [0.2, 0.25) is 5.02 Å². The lowest BCUT2D eigenvalue weighted by Crippen LogP contribution is -2.20. The number of benzene rings is 2. The number of hydrogen-bond donors (Lipinski definition) is 4. The molecule has 4 aromatic rings. The first kappa shape index (κ1) is 24.1. The third-order valence-electron chi connectivity index (χ3n) is 5.29. The van der Waals surface area contributed by atoms with E-state index in [1.165, 1.54) is 7.11 Å². The quantitative estimate of drug-likeness (QED) is 0.284. The molecule has 0 aliphatic rings. The lowest BCUT2D eigenvalue weighted by molar-refractivity contribution is -0.116. The van der Waals surface area contributed by atoms with Gasteiger partial charge in [0.05, 0.1) is 24.0 Å². The monoisotopic (exact) mass is 492 g/mol. The molecule has 2 aromatic carbocycles. The maximum absolute atomic E-state index is 12.7. The second-order valence-corrected chi connectivity index (χ2v) is 8.18. The number of carbonyl (C=O) groups excluding carboxylic acids is 2. The summed E-state index contributed by atoms with van der Waals surface area (Å²) >= 11 is 6.05. The number of hydrogen-bond acceptors (Lipinski definition) is 5. The Kier molecular flexibility index (Phi) is 7.49. The Morgan fingerprint density at radius 1 is 1.06 bits per heavy atom. The second-order valence-electron chi connectivity index (χ2n) is 7.74. The van der Waals surface area contributed by atoms with Crippen molar-refractivity contribution in [3.8, 4) is 5.75 Å². The average Bonchev–Trinajstić information content (AvgIpc) is 3.23. The van der Waals surface area contributed by atoms with Gasteiger partial charge < -0.3 is 31.0 Å². The summed E-state index contributed by atoms with van der Waals surface area (Å²) in [5.41, 5.74) is 8.46. The number of pyridine rings is 1. The number of urea groups is 1. The molecule has 2 aromatic heterocycles. The Morgan fingerprint density at radius 2 is 1.89 bits per heavy atom. The van der Waals surface area contributed by atoms with E-state index in [-0.39, 0.29) is 18.9 Å². The van der Waals surface area contributed by atoms with E-state index in [9.17, 15) is 9.59 Å². The zero-order chi connectivity index (χ0) is 24.8. The van der Waals surface area contributed by atoms with Gasteiger partial charge in [0.1, 0.15) is 11.6 Å². The summed E-state index contributed by atoms with van der Waals surface area (Å²) in [6.45, 7) is 0.836. The highest BCUT2D eigenvalue weighted by atomic mass is 35.5. The third kappa shape index (κ3) is 5.89. The standard InChI is InChI=1S/C25H25ClN6O3/c1-35-22-6-5-17(26)14-20(22)30-25(34)29-19-3-2-4-21-18(19)9-12-32(21)15-16-8-11-28-23(13-16)31-24(33)7-10-27/h2-6,8-9,11-14H,7,10,15,27H2,1H3,(H,28,31,33)(H2,29,30,34). The molecule has 9 nitrogen and oxygen atoms in total. The van der Waals surface area contributed by atoms with Crippen molar-refractivity contribution in [1.82, 2.24) is 9.55 Å². The molecule has 0 bridgehead atoms. The minimum Gasteiger partial charge on any atom is -0.495 e. The highest BCUT2D eigenvalue weighted by molar-refractivity contribution is 6.31. The van der Waals surface area contributed by atoms with E-state index >= 15 is 0 Å². The molecule has 0 aliphatic carbocycles. The summed E-state index contributed by atoms with van der Waals surface area (Å²) in [5, 5.41) is 9.79. The fourth-order valence-corrected chi connectivity index (χ4v) is 3.87. The maximum atomic E-state index is 12.7. The van der Waals surface area contributed by atoms with Crippen LogP contribution in [0.25, 0.3) is 10.9 Å². The number of nitrogens with two attached hydrogens (primary N) is 1. The van der Waals surface area contributed by atoms with Crippen LogP contribution in [-0.2, 0) is 11.3 Å². The Bertz CT molecular complexity index is 1370. The van der Waals surface area contributed by atoms with E-state index in [4.69, 9.17) is 22.1 Å². The van der Waals surface area contributed by atoms with Crippen LogP contribution in [0.15, 0.2) is 67.0 Å². The van der Waals surface area contributed by atoms with Gasteiger partial charge >= 0.3 is 6.03 Å². The molecule has 180 valence electrons. The largest absolute Gasteiger partial charge is 0.495 e. The van der Waals surface area contributed by atoms with Crippen molar-refractivity contribution < 1.29 is 14.3 Å². The number of methoxy groups -OCH3 is 1. The van der Waals surface area contributed by atoms with Crippen molar-refractivity contribution in [2.75, 3.05) is 29.6 Å². The Labute approximate surface area is 207 Å². The van der Waals surface area contributed by atoms with Gasteiger partial charge in [-0.1, -0.05) is 17.7 Å². The van der Waals surface area contributed by atoms with Crippen LogP contribution in [0.4, 0.5) is 22.0 Å². The molecule has 2 heterocycles. The summed E-state index contributed by atoms with van der Waals surface area (Å²) in [6, 6.07) is 15.9. The van der Waals surface area contributed by atoms with E-state index in [2.05, 4.69) is 25.5 Å². The average molecular weight is 493 g/mol. The van der Waals surface area contributed by atoms with E-state index in [1.807, 2.05) is 42.6 Å². The maximum Gasteiger partial charge on any atom is 0.323 e. The van der Waals surface area contributed by atoms with Crippen LogP contribution in [-0.4, -0.2) is 35.1 Å². The van der Waals surface area contributed by atoms with Gasteiger partial charge in [0.25, 0.3) is 0 Å². The highest BCUT2D eigenvalue weighted by Gasteiger charge is 2.12. The van der Waals surface area contributed by atoms with Crippen LogP contribution in [0.1, 0.15) is 12.0 Å². The SMILES string of the molecule is COc1ccc(Cl)cc1NC(=O)Nc1cccc2c1ccn2Cc1ccnc(NC(=O)CCN)c1. The normalized spacial score (nSPS) is 10.7. The minimum atomic E-state index is -0.419. The number of anilines is 3. The van der Waals surface area contributed by atoms with Crippen molar-refractivity contribution >= 4 is 51.6 Å². The number of nitrogens with zero attached hydrogens (tertiary/aromatic N) is 2. The molecule has 0 saturated heterocycles. The van der Waals surface area contributed by atoms with E-state index in [0.29, 0.717) is 34.5 Å². The molecule has 0 spiro atoms. The topological polar surface area (TPSA) is 123 Å². The molecule has 0 atom stereocenters. The van der Waals surface area contributed by atoms with Gasteiger partial charge in [-0.05, 0) is 54.1 Å². The van der Waals surface area contributed by atoms with Crippen molar-refractivity contribution in [2.24, 2.45) is 5.73 Å². The van der Waals surface area contributed by atoms with Crippen LogP contribution in [0, 0.1) is 0 Å². The van der Waals surface area contributed by atoms with Gasteiger partial charge in [-0.25, -0.2) is 9.78 Å². The highest BCUT2D eigenvalue weighted by Crippen LogP contribution is 2.29. The number of amides is 3. The molecule has 0 radical (unpaired) electrons. The van der Waals surface area contributed by atoms with Gasteiger partial charge in [0.2, 0.25) is 5.91 Å². The first-order valence-corrected chi connectivity index (χ1v) is 11.3. The van der Waals surface area contributed by atoms with Crippen LogP contribution < -0.4 is 26.4 Å². The van der Waals surface area contributed by atoms with Gasteiger partial charge in [0.15, 0.2) is 0 Å². The number of nitrogens with one attached hydrogen (secondary N) is 3. The van der Waals surface area contributed by atoms with E-state index in [0.717, 1.165) is 16.5 Å². The number of rotatable bonds is 8. The number of ether oxygens (including phenoxy) is 1. The second kappa shape index (κ2) is 10.9. The van der Waals surface area contributed by atoms with Gasteiger partial charge in [-0.3, -0.25) is 4.79 Å². The molecule has 0 unspecified atom stereocenters. The minimum absolute atomic E-state index is 0.173. The number of aromatic nitrogens is 2. The van der Waals surface area contributed by atoms with Crippen LogP contribution in [0.5, 0.6) is 5.75 Å². The van der Waals surface area contributed by atoms with Crippen molar-refractivity contribution in [1.29, 1.82) is 0 Å². The molecule has 35 heavy (non-hydrogen) atoms. The lowest BCUT2D eigenvalue weighted by atomic mass is 10.2. The molecule has 0 saturated carbocycles. The molecular weight excluding hydrogens is 468 g/mol. The van der Waals surface area contributed by atoms with Gasteiger partial charge in [-0.2, -0.15) is 0 Å². The predicted octanol–water partition coefficient (Wildman–Crippen LogP) is 4.68. The fraction of sp³-hybridized carbons (Fsp3) is 0.160.